The predicted octanol–water partition coefficient (Wildman–Crippen LogP) is 5.39. The molecule has 0 radical (unpaired) electrons. The third-order valence-corrected chi connectivity index (χ3v) is 6.47. The molecule has 0 atom stereocenters. The number of hydrogen-bond donors (Lipinski definition) is 2. The molecule has 2 saturated carbocycles. The van der Waals surface area contributed by atoms with Crippen molar-refractivity contribution in [1.82, 2.24) is 0 Å². The van der Waals surface area contributed by atoms with E-state index in [1.54, 1.807) is 0 Å². The third-order valence-electron chi connectivity index (χ3n) is 6.47. The van der Waals surface area contributed by atoms with Crippen LogP contribution in [0.4, 0.5) is 0 Å². The standard InChI is InChI=1S/C10H15.2C7H12O2.CH3O.Ti/c1-7-6-10(4,5)9(3)8(7)2;2*8-7(9)6-4-2-1-3-5-6;1-2;/h1-5H3;2*6H,1-5H2,(H,8,9);1H3;/q-1;;;-1;+2. The molecule has 0 saturated heterocycles. The number of carbonyl (C=O) groups is 2. The summed E-state index contributed by atoms with van der Waals surface area (Å²) in [5.41, 5.74) is 4.39. The van der Waals surface area contributed by atoms with Crippen molar-refractivity contribution in [2.75, 3.05) is 7.11 Å². The van der Waals surface area contributed by atoms with Gasteiger partial charge in [0.15, 0.2) is 0 Å². The van der Waals surface area contributed by atoms with Gasteiger partial charge < -0.3 is 15.3 Å². The summed E-state index contributed by atoms with van der Waals surface area (Å²) in [6.07, 6.45) is 13.9. The van der Waals surface area contributed by atoms with Crippen molar-refractivity contribution in [3.8, 4) is 0 Å². The van der Waals surface area contributed by atoms with Crippen molar-refractivity contribution in [2.24, 2.45) is 17.3 Å². The van der Waals surface area contributed by atoms with Crippen LogP contribution in [0.25, 0.3) is 0 Å². The number of carboxylic acid groups (broad SMARTS) is 2. The molecule has 2 fully saturated rings. The Morgan fingerprint density at radius 2 is 1.13 bits per heavy atom. The van der Waals surface area contributed by atoms with Crippen molar-refractivity contribution < 1.29 is 46.6 Å². The van der Waals surface area contributed by atoms with Crippen LogP contribution >= 0.6 is 0 Å². The zero-order valence-corrected chi connectivity index (χ0v) is 21.9. The van der Waals surface area contributed by atoms with E-state index in [2.05, 4.69) is 40.7 Å². The first-order valence-corrected chi connectivity index (χ1v) is 11.2. The molecule has 0 aromatic rings. The number of allylic oxidation sites excluding steroid dienone is 4. The summed E-state index contributed by atoms with van der Waals surface area (Å²) < 4.78 is 0. The van der Waals surface area contributed by atoms with E-state index in [0.717, 1.165) is 58.5 Å². The normalized spacial score (nSPS) is 20.4. The summed E-state index contributed by atoms with van der Waals surface area (Å²) >= 11 is 0. The van der Waals surface area contributed by atoms with Gasteiger partial charge in [-0.1, -0.05) is 71.6 Å². The van der Waals surface area contributed by atoms with E-state index in [1.165, 1.54) is 29.6 Å². The van der Waals surface area contributed by atoms with Crippen molar-refractivity contribution in [2.45, 2.75) is 98.8 Å². The van der Waals surface area contributed by atoms with Gasteiger partial charge >= 0.3 is 33.7 Å². The molecule has 0 bridgehead atoms. The average molecular weight is 470 g/mol. The Kier molecular flexibility index (Phi) is 17.4. The Morgan fingerprint density at radius 1 is 0.806 bits per heavy atom. The van der Waals surface area contributed by atoms with Gasteiger partial charge in [0.1, 0.15) is 0 Å². The molecule has 31 heavy (non-hydrogen) atoms. The van der Waals surface area contributed by atoms with Crippen molar-refractivity contribution in [3.63, 3.8) is 0 Å². The van der Waals surface area contributed by atoms with E-state index in [0.29, 0.717) is 0 Å². The second-order valence-corrected chi connectivity index (χ2v) is 8.97. The van der Waals surface area contributed by atoms with Crippen molar-refractivity contribution >= 4 is 11.9 Å². The molecular weight excluding hydrogens is 428 g/mol. The van der Waals surface area contributed by atoms with Crippen molar-refractivity contribution in [3.05, 3.63) is 22.8 Å². The van der Waals surface area contributed by atoms with E-state index in [1.807, 2.05) is 0 Å². The summed E-state index contributed by atoms with van der Waals surface area (Å²) in [6, 6.07) is 0. The van der Waals surface area contributed by atoms with E-state index < -0.39 is 11.9 Å². The molecule has 0 heterocycles. The summed E-state index contributed by atoms with van der Waals surface area (Å²) in [4.78, 5) is 20.7. The number of rotatable bonds is 2. The van der Waals surface area contributed by atoms with Crippen LogP contribution in [0.2, 0.25) is 0 Å². The fraction of sp³-hybridized carbons (Fsp3) is 0.760. The Labute approximate surface area is 204 Å². The van der Waals surface area contributed by atoms with E-state index >= 15 is 0 Å². The number of aliphatic carboxylic acids is 2. The molecule has 0 amide bonds. The van der Waals surface area contributed by atoms with Crippen LogP contribution in [0.15, 0.2) is 16.7 Å². The summed E-state index contributed by atoms with van der Waals surface area (Å²) in [6.45, 7) is 10.9. The third kappa shape index (κ3) is 12.1. The van der Waals surface area contributed by atoms with Gasteiger partial charge in [0.25, 0.3) is 0 Å². The van der Waals surface area contributed by atoms with Gasteiger partial charge in [-0.2, -0.15) is 18.3 Å². The molecule has 0 spiro atoms. The van der Waals surface area contributed by atoms with Gasteiger partial charge in [0.2, 0.25) is 0 Å². The molecule has 0 unspecified atom stereocenters. The molecule has 176 valence electrons. The van der Waals surface area contributed by atoms with Crippen LogP contribution in [0, 0.1) is 23.3 Å². The second-order valence-electron chi connectivity index (χ2n) is 8.97. The maximum atomic E-state index is 10.4. The molecule has 0 aromatic heterocycles. The largest absolute Gasteiger partial charge is 2.00 e. The van der Waals surface area contributed by atoms with Gasteiger partial charge in [-0.3, -0.25) is 15.7 Å². The van der Waals surface area contributed by atoms with Gasteiger partial charge in [-0.25, -0.2) is 5.57 Å². The van der Waals surface area contributed by atoms with Gasteiger partial charge in [-0.05, 0) is 25.7 Å². The van der Waals surface area contributed by atoms with E-state index in [-0.39, 0.29) is 39.0 Å². The van der Waals surface area contributed by atoms with Crippen LogP contribution in [-0.4, -0.2) is 29.3 Å². The predicted molar refractivity (Wildman–Crippen MR) is 119 cm³/mol. The maximum Gasteiger partial charge on any atom is 2.00 e. The average Bonchev–Trinajstić information content (AvgIpc) is 2.93. The number of hydrogen-bond acceptors (Lipinski definition) is 3. The molecule has 3 aliphatic rings. The first-order valence-electron chi connectivity index (χ1n) is 11.2. The molecule has 0 aliphatic heterocycles. The zero-order valence-electron chi connectivity index (χ0n) is 20.3. The minimum absolute atomic E-state index is 0. The van der Waals surface area contributed by atoms with Crippen LogP contribution in [0.3, 0.4) is 0 Å². The maximum absolute atomic E-state index is 10.4. The van der Waals surface area contributed by atoms with Crippen LogP contribution in [-0.2, 0) is 31.3 Å². The molecule has 2 N–H and O–H groups in total. The molecule has 5 nitrogen and oxygen atoms in total. The van der Waals surface area contributed by atoms with Gasteiger partial charge in [0.05, 0.1) is 11.8 Å². The van der Waals surface area contributed by atoms with E-state index in [4.69, 9.17) is 15.3 Å². The number of carboxylic acids is 2. The minimum atomic E-state index is -0.602. The van der Waals surface area contributed by atoms with Gasteiger partial charge in [0, 0.05) is 0 Å². The van der Waals surface area contributed by atoms with Crippen LogP contribution < -0.4 is 5.11 Å². The Bertz CT molecular complexity index is 567. The Morgan fingerprint density at radius 3 is 1.26 bits per heavy atom. The SMILES string of the molecule is CC1=[C-]C(C)(C)C(C)=C1C.C[O-].O=C(O)C1CCCCC1.O=C(O)C1CCCCC1.[Ti+2]. The fourth-order valence-electron chi connectivity index (χ4n) is 4.11. The van der Waals surface area contributed by atoms with E-state index in [9.17, 15) is 9.59 Å². The van der Waals surface area contributed by atoms with Crippen molar-refractivity contribution in [1.29, 1.82) is 0 Å². The molecule has 3 rings (SSSR count). The van der Waals surface area contributed by atoms with Crippen LogP contribution in [0.5, 0.6) is 0 Å². The first-order chi connectivity index (χ1) is 14.1. The smallest absolute Gasteiger partial charge is 0.857 e. The summed E-state index contributed by atoms with van der Waals surface area (Å²) in [5, 5.41) is 25.3. The molecule has 0 aromatic carbocycles. The molecular formula is C25H42O5Ti. The summed E-state index contributed by atoms with van der Waals surface area (Å²) in [5.74, 6) is -1.26. The Balaban J connectivity index is 0. The van der Waals surface area contributed by atoms with Gasteiger partial charge in [-0.15, -0.1) is 6.92 Å². The summed E-state index contributed by atoms with van der Waals surface area (Å²) in [7, 11) is 0.750. The quantitative estimate of drug-likeness (QED) is 0.417. The topological polar surface area (TPSA) is 97.7 Å². The zero-order chi connectivity index (χ0) is 23.3. The second kappa shape index (κ2) is 16.7. The molecule has 3 aliphatic carbocycles. The fourth-order valence-corrected chi connectivity index (χ4v) is 4.11. The first kappa shape index (κ1) is 32.3. The monoisotopic (exact) mass is 470 g/mol. The Hall–Kier alpha value is -0.906. The molecule has 6 heteroatoms. The van der Waals surface area contributed by atoms with Crippen LogP contribution in [0.1, 0.15) is 98.8 Å². The minimum Gasteiger partial charge on any atom is -0.857 e.